The van der Waals surface area contributed by atoms with Gasteiger partial charge in [-0.2, -0.15) is 11.8 Å². The number of carbonyl (C=O) groups excluding carboxylic acids is 3. The Hall–Kier alpha value is -3.00. The number of nitrogens with one attached hydrogen (secondary N) is 2. The van der Waals surface area contributed by atoms with Crippen molar-refractivity contribution in [1.82, 2.24) is 0 Å². The van der Waals surface area contributed by atoms with Crippen LogP contribution in [0.1, 0.15) is 16.8 Å². The molecule has 0 saturated heterocycles. The molecule has 2 aromatic rings. The van der Waals surface area contributed by atoms with Crippen molar-refractivity contribution in [3.63, 3.8) is 0 Å². The van der Waals surface area contributed by atoms with E-state index in [0.717, 1.165) is 0 Å². The summed E-state index contributed by atoms with van der Waals surface area (Å²) in [5.41, 5.74) is 1.63. The van der Waals surface area contributed by atoms with Crippen molar-refractivity contribution in [2.45, 2.75) is 6.42 Å². The fourth-order valence-electron chi connectivity index (χ4n) is 2.27. The molecule has 28 heavy (non-hydrogen) atoms. The molecule has 0 unspecified atom stereocenters. The Bertz CT molecular complexity index is 824. The van der Waals surface area contributed by atoms with E-state index in [1.54, 1.807) is 42.5 Å². The Labute approximate surface area is 167 Å². The second-order valence-corrected chi connectivity index (χ2v) is 6.76. The first-order valence-corrected chi connectivity index (χ1v) is 9.67. The molecular weight excluding hydrogens is 380 g/mol. The van der Waals surface area contributed by atoms with Crippen LogP contribution < -0.4 is 15.4 Å². The maximum absolute atomic E-state index is 12.4. The predicted octanol–water partition coefficient (Wildman–Crippen LogP) is 3.18. The first kappa shape index (κ1) is 21.3. The van der Waals surface area contributed by atoms with E-state index in [1.165, 1.54) is 26.0 Å². The molecule has 2 amide bonds. The Morgan fingerprint density at radius 2 is 1.68 bits per heavy atom. The van der Waals surface area contributed by atoms with E-state index in [-0.39, 0.29) is 30.0 Å². The monoisotopic (exact) mass is 402 g/mol. The van der Waals surface area contributed by atoms with Gasteiger partial charge in [0.1, 0.15) is 5.75 Å². The number of amides is 2. The van der Waals surface area contributed by atoms with Crippen molar-refractivity contribution in [2.24, 2.45) is 0 Å². The van der Waals surface area contributed by atoms with Gasteiger partial charge in [0, 0.05) is 17.0 Å². The van der Waals surface area contributed by atoms with Crippen molar-refractivity contribution >= 4 is 40.9 Å². The highest BCUT2D eigenvalue weighted by Gasteiger charge is 2.10. The molecule has 8 heteroatoms. The molecule has 0 spiro atoms. The quantitative estimate of drug-likeness (QED) is 0.494. The highest BCUT2D eigenvalue weighted by molar-refractivity contribution is 7.99. The zero-order valence-corrected chi connectivity index (χ0v) is 16.5. The lowest BCUT2D eigenvalue weighted by Gasteiger charge is -2.10. The van der Waals surface area contributed by atoms with Gasteiger partial charge >= 0.3 is 5.97 Å². The van der Waals surface area contributed by atoms with Gasteiger partial charge in [-0.25, -0.2) is 0 Å². The number of esters is 1. The largest absolute Gasteiger partial charge is 0.495 e. The van der Waals surface area contributed by atoms with E-state index in [4.69, 9.17) is 4.74 Å². The smallest absolute Gasteiger partial charge is 0.306 e. The lowest BCUT2D eigenvalue weighted by Crippen LogP contribution is -2.15. The van der Waals surface area contributed by atoms with Crippen molar-refractivity contribution in [3.8, 4) is 5.75 Å². The summed E-state index contributed by atoms with van der Waals surface area (Å²) in [6.07, 6.45) is 0.268. The third-order valence-corrected chi connectivity index (χ3v) is 4.66. The molecule has 148 valence electrons. The fourth-order valence-corrected chi connectivity index (χ4v) is 2.98. The number of carbonyl (C=O) groups is 3. The predicted molar refractivity (Wildman–Crippen MR) is 110 cm³/mol. The molecule has 0 bridgehead atoms. The van der Waals surface area contributed by atoms with Crippen LogP contribution >= 0.6 is 11.8 Å². The molecule has 0 radical (unpaired) electrons. The summed E-state index contributed by atoms with van der Waals surface area (Å²) in [6.45, 7) is 0. The maximum Gasteiger partial charge on any atom is 0.306 e. The Morgan fingerprint density at radius 3 is 2.36 bits per heavy atom. The van der Waals surface area contributed by atoms with E-state index < -0.39 is 0 Å². The van der Waals surface area contributed by atoms with Gasteiger partial charge in [-0.15, -0.1) is 0 Å². The second kappa shape index (κ2) is 11.0. The lowest BCUT2D eigenvalue weighted by atomic mass is 10.2. The molecule has 0 aliphatic carbocycles. The normalized spacial score (nSPS) is 10.1. The summed E-state index contributed by atoms with van der Waals surface area (Å²) in [5.74, 6) is 0.566. The summed E-state index contributed by atoms with van der Waals surface area (Å²) in [4.78, 5) is 35.3. The molecule has 0 aromatic heterocycles. The number of rotatable bonds is 9. The first-order chi connectivity index (χ1) is 13.5. The Morgan fingerprint density at radius 1 is 0.964 bits per heavy atom. The average molecular weight is 402 g/mol. The SMILES string of the molecule is COC(=O)CCSCC(=O)Nc1ccc(C(=O)Nc2ccccc2OC)cc1. The third-order valence-electron chi connectivity index (χ3n) is 3.70. The van der Waals surface area contributed by atoms with E-state index in [1.807, 2.05) is 6.07 Å². The number of anilines is 2. The number of benzene rings is 2. The van der Waals surface area contributed by atoms with Crippen molar-refractivity contribution in [1.29, 1.82) is 0 Å². The molecule has 0 fully saturated rings. The molecule has 0 atom stereocenters. The number of thioether (sulfide) groups is 1. The summed E-state index contributed by atoms with van der Waals surface area (Å²) < 4.78 is 9.76. The average Bonchev–Trinajstić information content (AvgIpc) is 2.71. The molecule has 2 rings (SSSR count). The van der Waals surface area contributed by atoms with Crippen molar-refractivity contribution < 1.29 is 23.9 Å². The van der Waals surface area contributed by atoms with Crippen LogP contribution in [0.15, 0.2) is 48.5 Å². The lowest BCUT2D eigenvalue weighted by molar-refractivity contribution is -0.140. The van der Waals surface area contributed by atoms with E-state index in [9.17, 15) is 14.4 Å². The second-order valence-electron chi connectivity index (χ2n) is 5.66. The van der Waals surface area contributed by atoms with Gasteiger partial charge < -0.3 is 20.1 Å². The Kier molecular flexibility index (Phi) is 8.36. The van der Waals surface area contributed by atoms with Crippen LogP contribution in [0.4, 0.5) is 11.4 Å². The molecule has 2 N–H and O–H groups in total. The molecule has 0 aliphatic rings. The van der Waals surface area contributed by atoms with Crippen molar-refractivity contribution in [3.05, 3.63) is 54.1 Å². The Balaban J connectivity index is 1.84. The molecule has 0 aliphatic heterocycles. The van der Waals surface area contributed by atoms with Gasteiger partial charge in [0.05, 0.1) is 32.1 Å². The maximum atomic E-state index is 12.4. The van der Waals surface area contributed by atoms with Gasteiger partial charge in [0.15, 0.2) is 0 Å². The standard InChI is InChI=1S/C20H22N2O5S/c1-26-17-6-4-3-5-16(17)22-20(25)14-7-9-15(10-8-14)21-18(23)13-28-12-11-19(24)27-2/h3-10H,11-13H2,1-2H3,(H,21,23)(H,22,25). The highest BCUT2D eigenvalue weighted by atomic mass is 32.2. The van der Waals surface area contributed by atoms with Gasteiger partial charge in [0.25, 0.3) is 5.91 Å². The zero-order chi connectivity index (χ0) is 20.4. The summed E-state index contributed by atoms with van der Waals surface area (Å²) in [6, 6.07) is 13.7. The molecule has 2 aromatic carbocycles. The van der Waals surface area contributed by atoms with Gasteiger partial charge in [-0.1, -0.05) is 12.1 Å². The van der Waals surface area contributed by atoms with E-state index >= 15 is 0 Å². The summed E-state index contributed by atoms with van der Waals surface area (Å²) in [5, 5.41) is 5.54. The number of hydrogen-bond donors (Lipinski definition) is 2. The van der Waals surface area contributed by atoms with Crippen LogP contribution in [0, 0.1) is 0 Å². The van der Waals surface area contributed by atoms with Crippen LogP contribution in [-0.2, 0) is 14.3 Å². The summed E-state index contributed by atoms with van der Waals surface area (Å²) in [7, 11) is 2.87. The van der Waals surface area contributed by atoms with Crippen LogP contribution in [0.25, 0.3) is 0 Å². The number of hydrogen-bond acceptors (Lipinski definition) is 6. The molecule has 0 saturated carbocycles. The molecular formula is C20H22N2O5S. The van der Waals surface area contributed by atoms with Crippen LogP contribution in [0.5, 0.6) is 5.75 Å². The highest BCUT2D eigenvalue weighted by Crippen LogP contribution is 2.23. The fraction of sp³-hybridized carbons (Fsp3) is 0.250. The minimum atomic E-state index is -0.296. The topological polar surface area (TPSA) is 93.7 Å². The molecule has 0 heterocycles. The minimum Gasteiger partial charge on any atom is -0.495 e. The van der Waals surface area contributed by atoms with Gasteiger partial charge in [0.2, 0.25) is 5.91 Å². The molecule has 7 nitrogen and oxygen atoms in total. The first-order valence-electron chi connectivity index (χ1n) is 8.52. The third kappa shape index (κ3) is 6.62. The minimum absolute atomic E-state index is 0.180. The number of methoxy groups -OCH3 is 2. The van der Waals surface area contributed by atoms with Crippen molar-refractivity contribution in [2.75, 3.05) is 36.4 Å². The van der Waals surface area contributed by atoms with E-state index in [0.29, 0.717) is 28.4 Å². The zero-order valence-electron chi connectivity index (χ0n) is 15.7. The van der Waals surface area contributed by atoms with E-state index in [2.05, 4.69) is 15.4 Å². The van der Waals surface area contributed by atoms with Crippen LogP contribution in [-0.4, -0.2) is 43.5 Å². The van der Waals surface area contributed by atoms with Gasteiger partial charge in [-0.05, 0) is 36.4 Å². The number of para-hydroxylation sites is 2. The number of ether oxygens (including phenoxy) is 2. The van der Waals surface area contributed by atoms with Crippen LogP contribution in [0.3, 0.4) is 0 Å². The summed E-state index contributed by atoms with van der Waals surface area (Å²) >= 11 is 1.35. The van der Waals surface area contributed by atoms with Gasteiger partial charge in [-0.3, -0.25) is 14.4 Å². The van der Waals surface area contributed by atoms with Crippen LogP contribution in [0.2, 0.25) is 0 Å².